The largest absolute Gasteiger partial charge is 0.368 e. The summed E-state index contributed by atoms with van der Waals surface area (Å²) in [7, 11) is -7.48. The van der Waals surface area contributed by atoms with Crippen LogP contribution in [0.25, 0.3) is 0 Å². The molecule has 0 aliphatic carbocycles. The maximum Gasteiger partial charge on any atom is 0.264 e. The molecule has 0 aliphatic heterocycles. The predicted molar refractivity (Wildman–Crippen MR) is 121 cm³/mol. The monoisotopic (exact) mass is 484 g/mol. The Morgan fingerprint density at radius 2 is 1.25 bits per heavy atom. The highest BCUT2D eigenvalue weighted by molar-refractivity contribution is 7.86. The van der Waals surface area contributed by atoms with Crippen LogP contribution in [0.2, 0.25) is 0 Å². The standard InChI is InChI=1S/C22H28O8S2/c1-18(14-29-31(2,23)24)22(28-16-20-12-8-5-9-13-20)21(17-30-32(3,25)26)27-15-19-10-6-4-7-11-19/h4-13,21-22H,1,14-17H2,2-3H3/t21-,22+/m1/s1. The van der Waals surface area contributed by atoms with Crippen LogP contribution in [-0.2, 0) is 51.3 Å². The van der Waals surface area contributed by atoms with Crippen LogP contribution >= 0.6 is 0 Å². The zero-order chi connectivity index (χ0) is 23.6. The summed E-state index contributed by atoms with van der Waals surface area (Å²) in [5, 5.41) is 0. The van der Waals surface area contributed by atoms with Crippen molar-refractivity contribution in [3.63, 3.8) is 0 Å². The van der Waals surface area contributed by atoms with Crippen LogP contribution in [0.4, 0.5) is 0 Å². The Kier molecular flexibility index (Phi) is 10.0. The molecule has 0 fully saturated rings. The summed E-state index contributed by atoms with van der Waals surface area (Å²) in [6, 6.07) is 18.6. The molecule has 0 spiro atoms. The SMILES string of the molecule is C=C(COS(C)(=O)=O)[C@H](OCc1ccccc1)[C@@H](COS(C)(=O)=O)OCc1ccccc1. The molecule has 2 aromatic rings. The summed E-state index contributed by atoms with van der Waals surface area (Å²) in [5.74, 6) is 0. The highest BCUT2D eigenvalue weighted by Crippen LogP contribution is 2.19. The van der Waals surface area contributed by atoms with Gasteiger partial charge in [-0.1, -0.05) is 67.2 Å². The van der Waals surface area contributed by atoms with Gasteiger partial charge in [0.05, 0.1) is 38.9 Å². The molecule has 0 amide bonds. The fourth-order valence-electron chi connectivity index (χ4n) is 2.70. The van der Waals surface area contributed by atoms with Crippen molar-refractivity contribution in [2.45, 2.75) is 25.4 Å². The van der Waals surface area contributed by atoms with Gasteiger partial charge in [0.1, 0.15) is 12.2 Å². The molecule has 176 valence electrons. The zero-order valence-corrected chi connectivity index (χ0v) is 19.7. The van der Waals surface area contributed by atoms with E-state index >= 15 is 0 Å². The van der Waals surface area contributed by atoms with Crippen LogP contribution in [0.15, 0.2) is 72.8 Å². The lowest BCUT2D eigenvalue weighted by molar-refractivity contribution is -0.0861. The number of hydrogen-bond donors (Lipinski definition) is 0. The first kappa shape index (κ1) is 26.2. The van der Waals surface area contributed by atoms with Crippen molar-refractivity contribution in [1.29, 1.82) is 0 Å². The van der Waals surface area contributed by atoms with E-state index in [9.17, 15) is 16.8 Å². The molecule has 32 heavy (non-hydrogen) atoms. The molecule has 2 atom stereocenters. The normalized spacial score (nSPS) is 14.1. The van der Waals surface area contributed by atoms with Crippen molar-refractivity contribution in [1.82, 2.24) is 0 Å². The van der Waals surface area contributed by atoms with E-state index in [0.29, 0.717) is 0 Å². The van der Waals surface area contributed by atoms with Crippen LogP contribution in [-0.4, -0.2) is 54.8 Å². The molecule has 0 saturated carbocycles. The Morgan fingerprint density at radius 3 is 1.72 bits per heavy atom. The third-order valence-corrected chi connectivity index (χ3v) is 5.33. The second-order valence-electron chi connectivity index (χ2n) is 7.17. The van der Waals surface area contributed by atoms with Crippen molar-refractivity contribution in [3.05, 3.63) is 83.9 Å². The summed E-state index contributed by atoms with van der Waals surface area (Å²) in [6.45, 7) is 3.52. The molecule has 2 rings (SSSR count). The number of rotatable bonds is 14. The second kappa shape index (κ2) is 12.2. The Morgan fingerprint density at radius 1 is 0.781 bits per heavy atom. The quantitative estimate of drug-likeness (QED) is 0.298. The van der Waals surface area contributed by atoms with Gasteiger partial charge in [-0.25, -0.2) is 0 Å². The lowest BCUT2D eigenvalue weighted by Gasteiger charge is -2.29. The fourth-order valence-corrected chi connectivity index (χ4v) is 3.45. The fraction of sp³-hybridized carbons (Fsp3) is 0.364. The van der Waals surface area contributed by atoms with E-state index in [-0.39, 0.29) is 32.0 Å². The maximum absolute atomic E-state index is 11.6. The topological polar surface area (TPSA) is 105 Å². The summed E-state index contributed by atoms with van der Waals surface area (Å²) in [6.07, 6.45) is 0.0607. The lowest BCUT2D eigenvalue weighted by Crippen LogP contribution is -2.38. The summed E-state index contributed by atoms with van der Waals surface area (Å²) in [5.41, 5.74) is 1.98. The minimum atomic E-state index is -3.76. The van der Waals surface area contributed by atoms with Crippen molar-refractivity contribution in [2.24, 2.45) is 0 Å². The highest BCUT2D eigenvalue weighted by Gasteiger charge is 2.28. The Labute approximate surface area is 190 Å². The number of benzene rings is 2. The van der Waals surface area contributed by atoms with Gasteiger partial charge in [-0.3, -0.25) is 8.37 Å². The van der Waals surface area contributed by atoms with Crippen LogP contribution in [0, 0.1) is 0 Å². The molecule has 0 bridgehead atoms. The molecule has 2 aromatic carbocycles. The average Bonchev–Trinajstić information content (AvgIpc) is 2.74. The van der Waals surface area contributed by atoms with Crippen molar-refractivity contribution < 1.29 is 34.7 Å². The molecule has 0 N–H and O–H groups in total. The van der Waals surface area contributed by atoms with Crippen LogP contribution in [0.3, 0.4) is 0 Å². The lowest BCUT2D eigenvalue weighted by atomic mass is 10.1. The summed E-state index contributed by atoms with van der Waals surface area (Å²) < 4.78 is 67.8. The highest BCUT2D eigenvalue weighted by atomic mass is 32.2. The second-order valence-corrected chi connectivity index (χ2v) is 10.5. The summed E-state index contributed by atoms with van der Waals surface area (Å²) >= 11 is 0. The number of ether oxygens (including phenoxy) is 2. The molecule has 10 heteroatoms. The van der Waals surface area contributed by atoms with E-state index in [1.54, 1.807) is 0 Å². The summed E-state index contributed by atoms with van der Waals surface area (Å²) in [4.78, 5) is 0. The Hall–Kier alpha value is -2.08. The van der Waals surface area contributed by atoms with E-state index in [1.165, 1.54) is 0 Å². The van der Waals surface area contributed by atoms with Crippen LogP contribution in [0.5, 0.6) is 0 Å². The van der Waals surface area contributed by atoms with E-state index in [0.717, 1.165) is 23.6 Å². The maximum atomic E-state index is 11.6. The first-order chi connectivity index (χ1) is 15.0. The molecular weight excluding hydrogens is 456 g/mol. The van der Waals surface area contributed by atoms with E-state index in [4.69, 9.17) is 17.8 Å². The molecular formula is C22H28O8S2. The first-order valence-corrected chi connectivity index (χ1v) is 13.3. The van der Waals surface area contributed by atoms with Gasteiger partial charge in [0.15, 0.2) is 0 Å². The number of hydrogen-bond acceptors (Lipinski definition) is 8. The predicted octanol–water partition coefficient (Wildman–Crippen LogP) is 2.67. The molecule has 0 aromatic heterocycles. The molecule has 0 heterocycles. The van der Waals surface area contributed by atoms with Gasteiger partial charge in [-0.15, -0.1) is 0 Å². The third kappa shape index (κ3) is 10.5. The molecule has 0 saturated heterocycles. The van der Waals surface area contributed by atoms with Crippen molar-refractivity contribution in [2.75, 3.05) is 25.7 Å². The van der Waals surface area contributed by atoms with Gasteiger partial charge in [0, 0.05) is 0 Å². The van der Waals surface area contributed by atoms with E-state index < -0.39 is 32.4 Å². The molecule has 0 aliphatic rings. The van der Waals surface area contributed by atoms with Gasteiger partial charge in [-0.2, -0.15) is 16.8 Å². The first-order valence-electron chi connectivity index (χ1n) is 9.71. The minimum absolute atomic E-state index is 0.157. The van der Waals surface area contributed by atoms with Crippen molar-refractivity contribution in [3.8, 4) is 0 Å². The Bertz CT molecular complexity index is 1050. The smallest absolute Gasteiger partial charge is 0.264 e. The van der Waals surface area contributed by atoms with Gasteiger partial charge in [-0.05, 0) is 16.7 Å². The average molecular weight is 485 g/mol. The molecule has 8 nitrogen and oxygen atoms in total. The zero-order valence-electron chi connectivity index (χ0n) is 18.0. The van der Waals surface area contributed by atoms with E-state index in [1.807, 2.05) is 60.7 Å². The third-order valence-electron chi connectivity index (χ3n) is 4.22. The Balaban J connectivity index is 2.23. The van der Waals surface area contributed by atoms with Gasteiger partial charge < -0.3 is 9.47 Å². The molecule has 0 unspecified atom stereocenters. The minimum Gasteiger partial charge on any atom is -0.368 e. The van der Waals surface area contributed by atoms with Crippen LogP contribution < -0.4 is 0 Å². The van der Waals surface area contributed by atoms with Gasteiger partial charge in [0.2, 0.25) is 0 Å². The van der Waals surface area contributed by atoms with Gasteiger partial charge in [0.25, 0.3) is 20.2 Å². The van der Waals surface area contributed by atoms with Crippen molar-refractivity contribution >= 4 is 20.2 Å². The van der Waals surface area contributed by atoms with Gasteiger partial charge >= 0.3 is 0 Å². The van der Waals surface area contributed by atoms with Crippen LogP contribution in [0.1, 0.15) is 11.1 Å². The molecule has 0 radical (unpaired) electrons. The van der Waals surface area contributed by atoms with E-state index in [2.05, 4.69) is 6.58 Å².